The lowest BCUT2D eigenvalue weighted by Gasteiger charge is -2.32. The normalized spacial score (nSPS) is 14.5. The van der Waals surface area contributed by atoms with Gasteiger partial charge in [0.2, 0.25) is 11.8 Å². The molecule has 3 aromatic rings. The van der Waals surface area contributed by atoms with Crippen LogP contribution in [0.3, 0.4) is 0 Å². The minimum atomic E-state index is -0.584. The Morgan fingerprint density at radius 2 is 1.51 bits per heavy atom. The molecule has 1 atom stereocenters. The number of rotatable bonds is 9. The van der Waals surface area contributed by atoms with Crippen LogP contribution in [0.5, 0.6) is 0 Å². The molecular weight excluding hydrogens is 500 g/mol. The van der Waals surface area contributed by atoms with E-state index in [-0.39, 0.29) is 24.3 Å². The van der Waals surface area contributed by atoms with Crippen molar-refractivity contribution in [2.24, 2.45) is 0 Å². The molecule has 1 saturated carbocycles. The standard InChI is InChI=1S/C30H33BrN2O2/c1-22-11-13-24(14-12-22)20-29(34)33(21-25-15-17-26(31)18-16-25)28(19-23-7-3-2-4-8-23)30(35)32-27-9-5-6-10-27/h2-4,7-8,11-18,27-28H,5-6,9-10,19-21H2,1H3,(H,32,35)/t28-/m0/s1. The number of hydrogen-bond donors (Lipinski definition) is 1. The van der Waals surface area contributed by atoms with E-state index in [2.05, 4.69) is 21.2 Å². The van der Waals surface area contributed by atoms with Crippen LogP contribution in [0.2, 0.25) is 0 Å². The summed E-state index contributed by atoms with van der Waals surface area (Å²) in [5.74, 6) is -0.102. The summed E-state index contributed by atoms with van der Waals surface area (Å²) in [7, 11) is 0. The van der Waals surface area contributed by atoms with Gasteiger partial charge in [0, 0.05) is 23.5 Å². The number of halogens is 1. The second kappa shape index (κ2) is 12.2. The van der Waals surface area contributed by atoms with E-state index in [9.17, 15) is 9.59 Å². The molecule has 0 bridgehead atoms. The zero-order valence-electron chi connectivity index (χ0n) is 20.3. The van der Waals surface area contributed by atoms with Crippen molar-refractivity contribution in [3.05, 3.63) is 106 Å². The summed E-state index contributed by atoms with van der Waals surface area (Å²) >= 11 is 3.49. The Hall–Kier alpha value is -2.92. The van der Waals surface area contributed by atoms with E-state index < -0.39 is 6.04 Å². The maximum absolute atomic E-state index is 13.8. The fourth-order valence-electron chi connectivity index (χ4n) is 4.69. The molecule has 0 aliphatic heterocycles. The lowest BCUT2D eigenvalue weighted by molar-refractivity contribution is -0.141. The molecule has 1 aliphatic rings. The van der Waals surface area contributed by atoms with Crippen LogP contribution in [0.25, 0.3) is 0 Å². The van der Waals surface area contributed by atoms with Gasteiger partial charge in [-0.2, -0.15) is 0 Å². The van der Waals surface area contributed by atoms with E-state index in [1.807, 2.05) is 85.8 Å². The van der Waals surface area contributed by atoms with Crippen molar-refractivity contribution < 1.29 is 9.59 Å². The van der Waals surface area contributed by atoms with E-state index >= 15 is 0 Å². The van der Waals surface area contributed by atoms with Crippen molar-refractivity contribution in [1.82, 2.24) is 10.2 Å². The van der Waals surface area contributed by atoms with E-state index in [1.54, 1.807) is 4.90 Å². The number of carbonyl (C=O) groups excluding carboxylic acids is 2. The smallest absolute Gasteiger partial charge is 0.243 e. The van der Waals surface area contributed by atoms with Crippen molar-refractivity contribution in [3.8, 4) is 0 Å². The van der Waals surface area contributed by atoms with Gasteiger partial charge < -0.3 is 10.2 Å². The summed E-state index contributed by atoms with van der Waals surface area (Å²) in [6.45, 7) is 2.42. The van der Waals surface area contributed by atoms with E-state index in [1.165, 1.54) is 0 Å². The maximum Gasteiger partial charge on any atom is 0.243 e. The molecule has 0 unspecified atom stereocenters. The number of nitrogens with one attached hydrogen (secondary N) is 1. The molecule has 4 nitrogen and oxygen atoms in total. The Balaban J connectivity index is 1.64. The van der Waals surface area contributed by atoms with Crippen LogP contribution in [-0.2, 0) is 29.0 Å². The minimum absolute atomic E-state index is 0.0423. The van der Waals surface area contributed by atoms with Crippen molar-refractivity contribution >= 4 is 27.7 Å². The number of carbonyl (C=O) groups is 2. The molecule has 1 N–H and O–H groups in total. The SMILES string of the molecule is Cc1ccc(CC(=O)N(Cc2ccc(Br)cc2)[C@@H](Cc2ccccc2)C(=O)NC2CCCC2)cc1. The highest BCUT2D eigenvalue weighted by Gasteiger charge is 2.32. The molecule has 0 heterocycles. The molecule has 5 heteroatoms. The molecule has 2 amide bonds. The number of aryl methyl sites for hydroxylation is 1. The molecule has 182 valence electrons. The van der Waals surface area contributed by atoms with E-state index in [0.29, 0.717) is 13.0 Å². The summed E-state index contributed by atoms with van der Waals surface area (Å²) in [5.41, 5.74) is 4.15. The lowest BCUT2D eigenvalue weighted by Crippen LogP contribution is -2.52. The van der Waals surface area contributed by atoms with Crippen LogP contribution >= 0.6 is 15.9 Å². The highest BCUT2D eigenvalue weighted by molar-refractivity contribution is 9.10. The first-order valence-corrected chi connectivity index (χ1v) is 13.2. The Kier molecular flexibility index (Phi) is 8.75. The summed E-state index contributed by atoms with van der Waals surface area (Å²) in [5, 5.41) is 3.26. The average Bonchev–Trinajstić information content (AvgIpc) is 3.37. The quantitative estimate of drug-likeness (QED) is 0.367. The van der Waals surface area contributed by atoms with Gasteiger partial charge in [0.05, 0.1) is 6.42 Å². The lowest BCUT2D eigenvalue weighted by atomic mass is 10.0. The third-order valence-corrected chi connectivity index (χ3v) is 7.24. The fourth-order valence-corrected chi connectivity index (χ4v) is 4.95. The average molecular weight is 534 g/mol. The Morgan fingerprint density at radius 3 is 2.17 bits per heavy atom. The predicted octanol–water partition coefficient (Wildman–Crippen LogP) is 6.00. The predicted molar refractivity (Wildman–Crippen MR) is 144 cm³/mol. The molecular formula is C30H33BrN2O2. The second-order valence-electron chi connectivity index (χ2n) is 9.51. The molecule has 0 saturated heterocycles. The van der Waals surface area contributed by atoms with Gasteiger partial charge in [0.15, 0.2) is 0 Å². The number of hydrogen-bond acceptors (Lipinski definition) is 2. The molecule has 0 aromatic heterocycles. The second-order valence-corrected chi connectivity index (χ2v) is 10.4. The molecule has 0 radical (unpaired) electrons. The topological polar surface area (TPSA) is 49.4 Å². The van der Waals surface area contributed by atoms with E-state index in [0.717, 1.165) is 52.4 Å². The maximum atomic E-state index is 13.8. The minimum Gasteiger partial charge on any atom is -0.352 e. The summed E-state index contributed by atoms with van der Waals surface area (Å²) in [6, 6.07) is 25.6. The zero-order valence-corrected chi connectivity index (χ0v) is 21.8. The van der Waals surface area contributed by atoms with Crippen LogP contribution in [0.1, 0.15) is 47.9 Å². The van der Waals surface area contributed by atoms with Gasteiger partial charge in [-0.3, -0.25) is 9.59 Å². The molecule has 1 fully saturated rings. The fraction of sp³-hybridized carbons (Fsp3) is 0.333. The number of amides is 2. The summed E-state index contributed by atoms with van der Waals surface area (Å²) < 4.78 is 0.985. The molecule has 3 aromatic carbocycles. The summed E-state index contributed by atoms with van der Waals surface area (Å²) in [4.78, 5) is 29.2. The van der Waals surface area contributed by atoms with Crippen LogP contribution in [0.15, 0.2) is 83.3 Å². The molecule has 1 aliphatic carbocycles. The van der Waals surface area contributed by atoms with Crippen molar-refractivity contribution in [3.63, 3.8) is 0 Å². The first-order chi connectivity index (χ1) is 17.0. The van der Waals surface area contributed by atoms with Gasteiger partial charge in [-0.15, -0.1) is 0 Å². The first kappa shape index (κ1) is 25.2. The molecule has 4 rings (SSSR count). The highest BCUT2D eigenvalue weighted by atomic mass is 79.9. The zero-order chi connectivity index (χ0) is 24.6. The monoisotopic (exact) mass is 532 g/mol. The molecule has 0 spiro atoms. The van der Waals surface area contributed by atoms with Crippen molar-refractivity contribution in [1.29, 1.82) is 0 Å². The van der Waals surface area contributed by atoms with Gasteiger partial charge in [-0.05, 0) is 48.6 Å². The van der Waals surface area contributed by atoms with Crippen LogP contribution in [0, 0.1) is 6.92 Å². The first-order valence-electron chi connectivity index (χ1n) is 12.4. The van der Waals surface area contributed by atoms with Crippen LogP contribution < -0.4 is 5.32 Å². The number of benzene rings is 3. The van der Waals surface area contributed by atoms with E-state index in [4.69, 9.17) is 0 Å². The largest absolute Gasteiger partial charge is 0.352 e. The van der Waals surface area contributed by atoms with Crippen molar-refractivity contribution in [2.45, 2.75) is 64.1 Å². The highest BCUT2D eigenvalue weighted by Crippen LogP contribution is 2.21. The third kappa shape index (κ3) is 7.28. The number of nitrogens with zero attached hydrogens (tertiary/aromatic N) is 1. The van der Waals surface area contributed by atoms with Gasteiger partial charge in [0.25, 0.3) is 0 Å². The van der Waals surface area contributed by atoms with Gasteiger partial charge >= 0.3 is 0 Å². The molecule has 35 heavy (non-hydrogen) atoms. The Bertz CT molecular complexity index is 1110. The van der Waals surface area contributed by atoms with Crippen molar-refractivity contribution in [2.75, 3.05) is 0 Å². The van der Waals surface area contributed by atoms with Gasteiger partial charge in [0.1, 0.15) is 6.04 Å². The van der Waals surface area contributed by atoms with Gasteiger partial charge in [-0.1, -0.05) is 101 Å². The Labute approximate surface area is 216 Å². The van der Waals surface area contributed by atoms with Crippen LogP contribution in [0.4, 0.5) is 0 Å². The summed E-state index contributed by atoms with van der Waals surface area (Å²) in [6.07, 6.45) is 5.04. The van der Waals surface area contributed by atoms with Gasteiger partial charge in [-0.25, -0.2) is 0 Å². The third-order valence-electron chi connectivity index (χ3n) is 6.71. The Morgan fingerprint density at radius 1 is 0.886 bits per heavy atom. The van der Waals surface area contributed by atoms with Crippen LogP contribution in [-0.4, -0.2) is 28.8 Å².